The van der Waals surface area contributed by atoms with Crippen LogP contribution in [0.5, 0.6) is 0 Å². The molecular formula is C11H13FO. The predicted octanol–water partition coefficient (Wildman–Crippen LogP) is 2.74. The van der Waals surface area contributed by atoms with E-state index in [1.54, 1.807) is 12.1 Å². The van der Waals surface area contributed by atoms with Crippen LogP contribution in [0.2, 0.25) is 0 Å². The molecule has 70 valence electrons. The van der Waals surface area contributed by atoms with Gasteiger partial charge in [-0.05, 0) is 36.6 Å². The number of benzene rings is 1. The molecule has 1 rings (SSSR count). The Morgan fingerprint density at radius 2 is 2.31 bits per heavy atom. The average molecular weight is 180 g/mol. The van der Waals surface area contributed by atoms with Crippen LogP contribution in [0, 0.1) is 12.7 Å². The van der Waals surface area contributed by atoms with E-state index in [4.69, 9.17) is 0 Å². The molecule has 0 saturated carbocycles. The maximum Gasteiger partial charge on any atom is 0.123 e. The molecule has 0 fully saturated rings. The van der Waals surface area contributed by atoms with E-state index in [0.717, 1.165) is 5.56 Å². The maximum atomic E-state index is 12.8. The lowest BCUT2D eigenvalue weighted by atomic mass is 10.0. The van der Waals surface area contributed by atoms with Crippen LogP contribution in [0.25, 0.3) is 0 Å². The summed E-state index contributed by atoms with van der Waals surface area (Å²) in [6.45, 7) is 5.37. The summed E-state index contributed by atoms with van der Waals surface area (Å²) in [5.74, 6) is -0.316. The van der Waals surface area contributed by atoms with Crippen molar-refractivity contribution in [2.24, 2.45) is 0 Å². The average Bonchev–Trinajstić information content (AvgIpc) is 2.09. The second-order valence-corrected chi connectivity index (χ2v) is 3.04. The largest absolute Gasteiger partial charge is 0.388 e. The van der Waals surface area contributed by atoms with Crippen molar-refractivity contribution < 1.29 is 9.50 Å². The normalized spacial score (nSPS) is 12.5. The summed E-state index contributed by atoms with van der Waals surface area (Å²) < 4.78 is 12.8. The summed E-state index contributed by atoms with van der Waals surface area (Å²) in [6.07, 6.45) is 1.42. The number of aliphatic hydroxyl groups excluding tert-OH is 1. The molecule has 0 aromatic heterocycles. The lowest BCUT2D eigenvalue weighted by Gasteiger charge is -2.11. The molecule has 0 radical (unpaired) electrons. The minimum absolute atomic E-state index is 0.316. The molecule has 0 amide bonds. The Morgan fingerprint density at radius 1 is 1.62 bits per heavy atom. The minimum atomic E-state index is -0.645. The number of rotatable bonds is 3. The predicted molar refractivity (Wildman–Crippen MR) is 50.9 cm³/mol. The van der Waals surface area contributed by atoms with Crippen LogP contribution < -0.4 is 0 Å². The van der Waals surface area contributed by atoms with E-state index in [2.05, 4.69) is 6.58 Å². The third-order valence-corrected chi connectivity index (χ3v) is 1.99. The number of aliphatic hydroxyl groups is 1. The Kier molecular flexibility index (Phi) is 3.20. The number of aryl methyl sites for hydroxylation is 1. The van der Waals surface area contributed by atoms with Crippen LogP contribution in [0.1, 0.15) is 23.7 Å². The zero-order valence-corrected chi connectivity index (χ0v) is 7.63. The zero-order valence-electron chi connectivity index (χ0n) is 7.63. The van der Waals surface area contributed by atoms with Gasteiger partial charge in [-0.2, -0.15) is 0 Å². The van der Waals surface area contributed by atoms with Crippen molar-refractivity contribution in [1.82, 2.24) is 0 Å². The van der Waals surface area contributed by atoms with E-state index in [-0.39, 0.29) is 5.82 Å². The highest BCUT2D eigenvalue weighted by atomic mass is 19.1. The smallest absolute Gasteiger partial charge is 0.123 e. The molecule has 1 nitrogen and oxygen atoms in total. The number of hydrogen-bond acceptors (Lipinski definition) is 1. The highest BCUT2D eigenvalue weighted by Gasteiger charge is 2.09. The van der Waals surface area contributed by atoms with Gasteiger partial charge in [-0.25, -0.2) is 4.39 Å². The lowest BCUT2D eigenvalue weighted by molar-refractivity contribution is 0.180. The van der Waals surface area contributed by atoms with E-state index >= 15 is 0 Å². The molecule has 1 N–H and O–H groups in total. The fourth-order valence-corrected chi connectivity index (χ4v) is 1.26. The first-order valence-electron chi connectivity index (χ1n) is 4.20. The zero-order chi connectivity index (χ0) is 9.84. The molecule has 0 aliphatic rings. The Balaban J connectivity index is 2.97. The van der Waals surface area contributed by atoms with Gasteiger partial charge in [0.05, 0.1) is 6.10 Å². The van der Waals surface area contributed by atoms with Crippen LogP contribution >= 0.6 is 0 Å². The molecule has 0 bridgehead atoms. The Bertz CT molecular complexity index is 307. The van der Waals surface area contributed by atoms with E-state index in [1.165, 1.54) is 12.1 Å². The molecule has 1 aromatic carbocycles. The lowest BCUT2D eigenvalue weighted by Crippen LogP contribution is -1.99. The van der Waals surface area contributed by atoms with Crippen molar-refractivity contribution in [3.05, 3.63) is 47.8 Å². The third kappa shape index (κ3) is 2.39. The van der Waals surface area contributed by atoms with Crippen molar-refractivity contribution in [3.63, 3.8) is 0 Å². The standard InChI is InChI=1S/C11H13FO/c1-3-4-11(13)10-7-9(12)6-5-8(10)2/h3,5-7,11,13H,1,4H2,2H3/t11-/m0/s1. The summed E-state index contributed by atoms with van der Waals surface area (Å²) in [7, 11) is 0. The van der Waals surface area contributed by atoms with E-state index < -0.39 is 6.10 Å². The van der Waals surface area contributed by atoms with E-state index in [1.807, 2.05) is 6.92 Å². The summed E-state index contributed by atoms with van der Waals surface area (Å²) in [4.78, 5) is 0. The highest BCUT2D eigenvalue weighted by molar-refractivity contribution is 5.28. The Morgan fingerprint density at radius 3 is 2.92 bits per heavy atom. The van der Waals surface area contributed by atoms with Crippen LogP contribution in [0.3, 0.4) is 0 Å². The minimum Gasteiger partial charge on any atom is -0.388 e. The summed E-state index contributed by atoms with van der Waals surface area (Å²) in [5.41, 5.74) is 1.54. The van der Waals surface area contributed by atoms with Gasteiger partial charge in [0.15, 0.2) is 0 Å². The molecule has 0 spiro atoms. The van der Waals surface area contributed by atoms with Crippen LogP contribution in [0.15, 0.2) is 30.9 Å². The first-order valence-corrected chi connectivity index (χ1v) is 4.20. The SMILES string of the molecule is C=CC[C@H](O)c1cc(F)ccc1C. The van der Waals surface area contributed by atoms with Gasteiger partial charge < -0.3 is 5.11 Å². The fourth-order valence-electron chi connectivity index (χ4n) is 1.26. The Hall–Kier alpha value is -1.15. The van der Waals surface area contributed by atoms with Gasteiger partial charge in [-0.1, -0.05) is 12.1 Å². The quantitative estimate of drug-likeness (QED) is 0.709. The van der Waals surface area contributed by atoms with Gasteiger partial charge in [0.2, 0.25) is 0 Å². The van der Waals surface area contributed by atoms with Crippen molar-refractivity contribution in [1.29, 1.82) is 0 Å². The van der Waals surface area contributed by atoms with Gasteiger partial charge in [0.1, 0.15) is 5.82 Å². The molecule has 0 unspecified atom stereocenters. The number of hydrogen-bond donors (Lipinski definition) is 1. The first kappa shape index (κ1) is 9.93. The number of halogens is 1. The van der Waals surface area contributed by atoms with E-state index in [0.29, 0.717) is 12.0 Å². The summed E-state index contributed by atoms with van der Waals surface area (Å²) in [5, 5.41) is 9.59. The Labute approximate surface area is 77.5 Å². The molecule has 0 aliphatic carbocycles. The molecule has 0 saturated heterocycles. The third-order valence-electron chi connectivity index (χ3n) is 1.99. The van der Waals surface area contributed by atoms with Crippen LogP contribution in [-0.2, 0) is 0 Å². The maximum absolute atomic E-state index is 12.8. The van der Waals surface area contributed by atoms with E-state index in [9.17, 15) is 9.50 Å². The summed E-state index contributed by atoms with van der Waals surface area (Å²) >= 11 is 0. The first-order chi connectivity index (χ1) is 6.15. The highest BCUT2D eigenvalue weighted by Crippen LogP contribution is 2.21. The van der Waals surface area contributed by atoms with Crippen LogP contribution in [-0.4, -0.2) is 5.11 Å². The molecule has 0 aliphatic heterocycles. The van der Waals surface area contributed by atoms with Crippen molar-refractivity contribution in [2.75, 3.05) is 0 Å². The van der Waals surface area contributed by atoms with Gasteiger partial charge in [0.25, 0.3) is 0 Å². The molecule has 1 atom stereocenters. The van der Waals surface area contributed by atoms with Gasteiger partial charge in [-0.15, -0.1) is 6.58 Å². The monoisotopic (exact) mass is 180 g/mol. The molecule has 1 aromatic rings. The molecule has 13 heavy (non-hydrogen) atoms. The van der Waals surface area contributed by atoms with Gasteiger partial charge in [0, 0.05) is 0 Å². The van der Waals surface area contributed by atoms with Gasteiger partial charge in [-0.3, -0.25) is 0 Å². The summed E-state index contributed by atoms with van der Waals surface area (Å²) in [6, 6.07) is 4.42. The van der Waals surface area contributed by atoms with Crippen molar-refractivity contribution >= 4 is 0 Å². The fraction of sp³-hybridized carbons (Fsp3) is 0.273. The van der Waals surface area contributed by atoms with Crippen molar-refractivity contribution in [3.8, 4) is 0 Å². The van der Waals surface area contributed by atoms with Crippen LogP contribution in [0.4, 0.5) is 4.39 Å². The second kappa shape index (κ2) is 4.19. The molecule has 2 heteroatoms. The topological polar surface area (TPSA) is 20.2 Å². The van der Waals surface area contributed by atoms with Crippen molar-refractivity contribution in [2.45, 2.75) is 19.4 Å². The molecular weight excluding hydrogens is 167 g/mol. The molecule has 0 heterocycles. The van der Waals surface area contributed by atoms with Gasteiger partial charge >= 0.3 is 0 Å². The second-order valence-electron chi connectivity index (χ2n) is 3.04.